The molecular formula is C27H27N3O5. The minimum absolute atomic E-state index is 0.00819. The van der Waals surface area contributed by atoms with Crippen molar-refractivity contribution >= 4 is 23.7 Å². The van der Waals surface area contributed by atoms with Gasteiger partial charge in [-0.3, -0.25) is 9.78 Å². The predicted octanol–water partition coefficient (Wildman–Crippen LogP) is 4.82. The molecule has 8 nitrogen and oxygen atoms in total. The summed E-state index contributed by atoms with van der Waals surface area (Å²) >= 11 is 0. The summed E-state index contributed by atoms with van der Waals surface area (Å²) in [4.78, 5) is 39.7. The highest BCUT2D eigenvalue weighted by Crippen LogP contribution is 2.44. The molecule has 0 aliphatic heterocycles. The molecule has 8 heteroatoms. The molecule has 35 heavy (non-hydrogen) atoms. The van der Waals surface area contributed by atoms with Gasteiger partial charge in [-0.1, -0.05) is 55.5 Å². The maximum Gasteiger partial charge on any atom is 0.407 e. The molecule has 1 aliphatic rings. The lowest BCUT2D eigenvalue weighted by Crippen LogP contribution is -2.36. The monoisotopic (exact) mass is 473 g/mol. The van der Waals surface area contributed by atoms with Gasteiger partial charge in [0.15, 0.2) is 0 Å². The van der Waals surface area contributed by atoms with Crippen LogP contribution in [0.5, 0.6) is 0 Å². The Morgan fingerprint density at radius 1 is 1.03 bits per heavy atom. The van der Waals surface area contributed by atoms with Crippen molar-refractivity contribution in [2.75, 3.05) is 11.9 Å². The number of ether oxygens (including phenoxy) is 1. The normalized spacial score (nSPS) is 12.8. The third-order valence-corrected chi connectivity index (χ3v) is 6.15. The highest BCUT2D eigenvalue weighted by molar-refractivity contribution is 5.93. The second kappa shape index (κ2) is 10.8. The molecule has 0 bridgehead atoms. The molecule has 2 amide bonds. The number of hydrogen-bond donors (Lipinski definition) is 3. The van der Waals surface area contributed by atoms with Gasteiger partial charge in [-0.2, -0.15) is 0 Å². The SMILES string of the molecule is CCC(CCC(=O)Nc1cncc(C(=O)O)c1)NC(=O)OCC1c2ccccc2-c2ccccc21. The topological polar surface area (TPSA) is 118 Å². The molecule has 1 aliphatic carbocycles. The van der Waals surface area contributed by atoms with Crippen LogP contribution in [0.15, 0.2) is 67.0 Å². The Morgan fingerprint density at radius 3 is 2.31 bits per heavy atom. The third kappa shape index (κ3) is 5.66. The zero-order chi connectivity index (χ0) is 24.8. The van der Waals surface area contributed by atoms with Crippen LogP contribution >= 0.6 is 0 Å². The number of nitrogens with one attached hydrogen (secondary N) is 2. The van der Waals surface area contributed by atoms with Crippen LogP contribution in [0.2, 0.25) is 0 Å². The van der Waals surface area contributed by atoms with Crippen molar-refractivity contribution in [2.24, 2.45) is 0 Å². The first-order valence-corrected chi connectivity index (χ1v) is 11.6. The number of carboxylic acid groups (broad SMARTS) is 1. The van der Waals surface area contributed by atoms with Crippen LogP contribution in [0, 0.1) is 0 Å². The number of hydrogen-bond acceptors (Lipinski definition) is 5. The summed E-state index contributed by atoms with van der Waals surface area (Å²) in [6.45, 7) is 2.15. The maximum atomic E-state index is 12.5. The molecule has 0 fully saturated rings. The summed E-state index contributed by atoms with van der Waals surface area (Å²) in [5, 5.41) is 14.5. The molecule has 0 radical (unpaired) electrons. The summed E-state index contributed by atoms with van der Waals surface area (Å²) in [5.74, 6) is -1.43. The number of aromatic carboxylic acids is 1. The van der Waals surface area contributed by atoms with Crippen LogP contribution in [0.4, 0.5) is 10.5 Å². The van der Waals surface area contributed by atoms with E-state index in [1.54, 1.807) is 0 Å². The number of nitrogens with zero attached hydrogens (tertiary/aromatic N) is 1. The fourth-order valence-corrected chi connectivity index (χ4v) is 4.34. The molecule has 1 heterocycles. The average molecular weight is 474 g/mol. The predicted molar refractivity (Wildman–Crippen MR) is 131 cm³/mol. The van der Waals surface area contributed by atoms with Gasteiger partial charge in [0.1, 0.15) is 6.61 Å². The van der Waals surface area contributed by atoms with E-state index in [1.807, 2.05) is 31.2 Å². The number of carbonyl (C=O) groups is 3. The molecule has 4 rings (SSSR count). The number of benzene rings is 2. The molecule has 3 aromatic rings. The zero-order valence-electron chi connectivity index (χ0n) is 19.4. The molecule has 2 aromatic carbocycles. The first-order valence-electron chi connectivity index (χ1n) is 11.6. The molecule has 1 unspecified atom stereocenters. The van der Waals surface area contributed by atoms with Crippen molar-refractivity contribution in [1.82, 2.24) is 10.3 Å². The van der Waals surface area contributed by atoms with Crippen molar-refractivity contribution < 1.29 is 24.2 Å². The van der Waals surface area contributed by atoms with E-state index in [0.29, 0.717) is 18.5 Å². The summed E-state index contributed by atoms with van der Waals surface area (Å²) in [6.07, 6.45) is 3.28. The van der Waals surface area contributed by atoms with Crippen LogP contribution in [0.25, 0.3) is 11.1 Å². The van der Waals surface area contributed by atoms with Crippen LogP contribution in [0.3, 0.4) is 0 Å². The standard InChI is InChI=1S/C27H27N3O5/c1-2-18(11-12-25(31)29-19-13-17(26(32)33)14-28-15-19)30-27(34)35-16-24-22-9-5-3-7-20(22)21-8-4-6-10-23(21)24/h3-10,13-15,18,24H,2,11-12,16H2,1H3,(H,29,31)(H,30,34)(H,32,33). The van der Waals surface area contributed by atoms with E-state index in [9.17, 15) is 14.4 Å². The van der Waals surface area contributed by atoms with Crippen molar-refractivity contribution in [3.63, 3.8) is 0 Å². The smallest absolute Gasteiger partial charge is 0.407 e. The molecule has 1 aromatic heterocycles. The number of anilines is 1. The van der Waals surface area contributed by atoms with Gasteiger partial charge < -0.3 is 20.5 Å². The Kier molecular flexibility index (Phi) is 7.40. The Morgan fingerprint density at radius 2 is 1.69 bits per heavy atom. The minimum Gasteiger partial charge on any atom is -0.478 e. The van der Waals surface area contributed by atoms with Gasteiger partial charge in [0, 0.05) is 24.6 Å². The number of amides is 2. The van der Waals surface area contributed by atoms with E-state index in [0.717, 1.165) is 11.1 Å². The Labute approximate surface area is 203 Å². The Balaban J connectivity index is 1.28. The zero-order valence-corrected chi connectivity index (χ0v) is 19.4. The second-order valence-electron chi connectivity index (χ2n) is 8.43. The lowest BCUT2D eigenvalue weighted by Gasteiger charge is -2.19. The van der Waals surface area contributed by atoms with E-state index in [4.69, 9.17) is 9.84 Å². The highest BCUT2D eigenvalue weighted by Gasteiger charge is 2.29. The summed E-state index contributed by atoms with van der Waals surface area (Å²) < 4.78 is 5.60. The first-order chi connectivity index (χ1) is 17.0. The number of rotatable bonds is 9. The van der Waals surface area contributed by atoms with Crippen LogP contribution in [-0.4, -0.2) is 40.7 Å². The van der Waals surface area contributed by atoms with Gasteiger partial charge in [-0.15, -0.1) is 0 Å². The van der Waals surface area contributed by atoms with Crippen LogP contribution in [0.1, 0.15) is 53.6 Å². The first kappa shape index (κ1) is 23.9. The van der Waals surface area contributed by atoms with Crippen molar-refractivity contribution in [3.8, 4) is 11.1 Å². The summed E-state index contributed by atoms with van der Waals surface area (Å²) in [7, 11) is 0. The van der Waals surface area contributed by atoms with Gasteiger partial charge in [0.05, 0.1) is 17.4 Å². The minimum atomic E-state index is -1.12. The van der Waals surface area contributed by atoms with Crippen molar-refractivity contribution in [3.05, 3.63) is 83.7 Å². The molecule has 1 atom stereocenters. The van der Waals surface area contributed by atoms with E-state index in [2.05, 4.69) is 39.9 Å². The summed E-state index contributed by atoms with van der Waals surface area (Å²) in [6, 6.07) is 17.4. The number of carbonyl (C=O) groups excluding carboxylic acids is 2. The van der Waals surface area contributed by atoms with Gasteiger partial charge in [-0.25, -0.2) is 9.59 Å². The average Bonchev–Trinajstić information content (AvgIpc) is 3.19. The number of carboxylic acids is 1. The molecule has 3 N–H and O–H groups in total. The van der Waals surface area contributed by atoms with Crippen molar-refractivity contribution in [1.29, 1.82) is 0 Å². The van der Waals surface area contributed by atoms with Crippen molar-refractivity contribution in [2.45, 2.75) is 38.1 Å². The van der Waals surface area contributed by atoms with E-state index in [-0.39, 0.29) is 36.5 Å². The Hall–Kier alpha value is -4.20. The lowest BCUT2D eigenvalue weighted by molar-refractivity contribution is -0.116. The molecule has 180 valence electrons. The second-order valence-corrected chi connectivity index (χ2v) is 8.43. The molecule has 0 saturated heterocycles. The fourth-order valence-electron chi connectivity index (χ4n) is 4.34. The fraction of sp³-hybridized carbons (Fsp3) is 0.259. The van der Waals surface area contributed by atoms with Crippen LogP contribution < -0.4 is 10.6 Å². The third-order valence-electron chi connectivity index (χ3n) is 6.15. The summed E-state index contributed by atoms with van der Waals surface area (Å²) in [5.41, 5.74) is 4.93. The lowest BCUT2D eigenvalue weighted by atomic mass is 9.98. The molecule has 0 saturated carbocycles. The van der Waals surface area contributed by atoms with Gasteiger partial charge >= 0.3 is 12.1 Å². The van der Waals surface area contributed by atoms with Crippen LogP contribution in [-0.2, 0) is 9.53 Å². The van der Waals surface area contributed by atoms with Gasteiger partial charge in [0.2, 0.25) is 5.91 Å². The van der Waals surface area contributed by atoms with E-state index in [1.165, 1.54) is 29.6 Å². The van der Waals surface area contributed by atoms with Gasteiger partial charge in [0.25, 0.3) is 0 Å². The Bertz CT molecular complexity index is 1200. The number of alkyl carbamates (subject to hydrolysis) is 1. The maximum absolute atomic E-state index is 12.5. The van der Waals surface area contributed by atoms with E-state index >= 15 is 0 Å². The molecule has 0 spiro atoms. The number of pyridine rings is 1. The highest BCUT2D eigenvalue weighted by atomic mass is 16.5. The van der Waals surface area contributed by atoms with E-state index < -0.39 is 12.1 Å². The van der Waals surface area contributed by atoms with Gasteiger partial charge in [-0.05, 0) is 41.2 Å². The molecular weight excluding hydrogens is 446 g/mol. The quantitative estimate of drug-likeness (QED) is 0.410. The number of aromatic nitrogens is 1. The number of fused-ring (bicyclic) bond motifs is 3. The largest absolute Gasteiger partial charge is 0.478 e.